The zero-order valence-electron chi connectivity index (χ0n) is 20.8. The summed E-state index contributed by atoms with van der Waals surface area (Å²) in [6.45, 7) is 3.05. The molecule has 1 N–H and O–H groups in total. The molecule has 184 valence electrons. The van der Waals surface area contributed by atoms with Gasteiger partial charge in [-0.05, 0) is 70.4 Å². The monoisotopic (exact) mass is 482 g/mol. The van der Waals surface area contributed by atoms with Gasteiger partial charge in [0.15, 0.2) is 11.5 Å². The zero-order chi connectivity index (χ0) is 25.5. The summed E-state index contributed by atoms with van der Waals surface area (Å²) >= 11 is 0. The number of nitrogens with zero attached hydrogens (tertiary/aromatic N) is 4. The third-order valence-electron chi connectivity index (χ3n) is 5.75. The van der Waals surface area contributed by atoms with Gasteiger partial charge in [-0.2, -0.15) is 0 Å². The molecule has 0 saturated carbocycles. The normalized spacial score (nSPS) is 11.8. The number of aliphatic hydroxyl groups excluding tert-OH is 1. The van der Waals surface area contributed by atoms with Crippen LogP contribution in [0.5, 0.6) is 0 Å². The Morgan fingerprint density at radius 3 is 2.39 bits per heavy atom. The molecule has 1 atom stereocenters. The van der Waals surface area contributed by atoms with Crippen molar-refractivity contribution in [3.8, 4) is 23.2 Å². The molecule has 0 spiro atoms. The molecule has 7 nitrogen and oxygen atoms in total. The van der Waals surface area contributed by atoms with Crippen LogP contribution in [-0.4, -0.2) is 51.1 Å². The van der Waals surface area contributed by atoms with E-state index >= 15 is 0 Å². The number of aromatic nitrogens is 3. The maximum absolute atomic E-state index is 12.3. The molecule has 4 aromatic rings. The molecule has 0 bridgehead atoms. The number of Topliss-reactive ketones (excluding diaryl/α,β-unsaturated/α-hetero) is 1. The van der Waals surface area contributed by atoms with E-state index in [-0.39, 0.29) is 5.78 Å². The summed E-state index contributed by atoms with van der Waals surface area (Å²) in [5, 5.41) is 14.0. The second-order valence-corrected chi connectivity index (χ2v) is 9.01. The lowest BCUT2D eigenvalue weighted by atomic mass is 10.0. The molecule has 0 amide bonds. The minimum atomic E-state index is -0.654. The first-order valence-electron chi connectivity index (χ1n) is 11.9. The number of benzene rings is 2. The standard InChI is InChI=1S/C29H30N4O3/c1-21(34)29-30-16-18-33(29)20-26-19-28(36-31-26)25-14-10-23(11-15-25)7-6-22-8-12-24(13-9-22)27(35)5-4-17-32(2)3/h8-16,18-19,21,34H,4-5,17,20H2,1-3H3/t21-/m0/s1. The van der Waals surface area contributed by atoms with Crippen LogP contribution < -0.4 is 0 Å². The van der Waals surface area contributed by atoms with E-state index in [0.717, 1.165) is 40.9 Å². The summed E-state index contributed by atoms with van der Waals surface area (Å²) in [4.78, 5) is 18.6. The van der Waals surface area contributed by atoms with Crippen molar-refractivity contribution in [3.63, 3.8) is 0 Å². The van der Waals surface area contributed by atoms with Crippen LogP contribution in [0, 0.1) is 11.8 Å². The third-order valence-corrected chi connectivity index (χ3v) is 5.75. The van der Waals surface area contributed by atoms with Crippen LogP contribution in [0.15, 0.2) is 71.5 Å². The van der Waals surface area contributed by atoms with Gasteiger partial charge in [0.25, 0.3) is 0 Å². The maximum atomic E-state index is 12.3. The molecule has 36 heavy (non-hydrogen) atoms. The number of aliphatic hydroxyl groups is 1. The van der Waals surface area contributed by atoms with E-state index in [2.05, 4.69) is 26.9 Å². The van der Waals surface area contributed by atoms with Crippen molar-refractivity contribution in [2.45, 2.75) is 32.4 Å². The van der Waals surface area contributed by atoms with E-state index in [9.17, 15) is 9.90 Å². The molecule has 2 aromatic heterocycles. The summed E-state index contributed by atoms with van der Waals surface area (Å²) in [6.07, 6.45) is 4.21. The molecule has 0 radical (unpaired) electrons. The molecule has 7 heteroatoms. The minimum Gasteiger partial charge on any atom is -0.385 e. The first kappa shape index (κ1) is 25.1. The molecule has 0 saturated heterocycles. The maximum Gasteiger partial charge on any atom is 0.167 e. The van der Waals surface area contributed by atoms with Crippen molar-refractivity contribution in [3.05, 3.63) is 95.2 Å². The van der Waals surface area contributed by atoms with Crippen molar-refractivity contribution in [2.75, 3.05) is 20.6 Å². The van der Waals surface area contributed by atoms with E-state index in [4.69, 9.17) is 4.52 Å². The highest BCUT2D eigenvalue weighted by molar-refractivity contribution is 5.96. The fourth-order valence-corrected chi connectivity index (χ4v) is 3.82. The topological polar surface area (TPSA) is 84.4 Å². The Hall–Kier alpha value is -3.99. The molecule has 4 rings (SSSR count). The van der Waals surface area contributed by atoms with Gasteiger partial charge in [-0.3, -0.25) is 4.79 Å². The molecule has 0 fully saturated rings. The van der Waals surface area contributed by atoms with E-state index in [1.807, 2.05) is 79.5 Å². The second-order valence-electron chi connectivity index (χ2n) is 9.01. The Labute approximate surface area is 211 Å². The SMILES string of the molecule is C[C@H](O)c1nccn1Cc1cc(-c2ccc(C#Cc3ccc(C(=O)CCCN(C)C)cc3)cc2)on1. The Kier molecular flexibility index (Phi) is 8.11. The summed E-state index contributed by atoms with van der Waals surface area (Å²) < 4.78 is 7.37. The largest absolute Gasteiger partial charge is 0.385 e. The van der Waals surface area contributed by atoms with Crippen LogP contribution >= 0.6 is 0 Å². The summed E-state index contributed by atoms with van der Waals surface area (Å²) in [5.74, 6) is 7.73. The van der Waals surface area contributed by atoms with Gasteiger partial charge in [-0.1, -0.05) is 29.1 Å². The Morgan fingerprint density at radius 2 is 1.75 bits per heavy atom. The second kappa shape index (κ2) is 11.6. The lowest BCUT2D eigenvalue weighted by molar-refractivity contribution is 0.0977. The van der Waals surface area contributed by atoms with Crippen LogP contribution in [0.4, 0.5) is 0 Å². The molecule has 0 aliphatic heterocycles. The van der Waals surface area contributed by atoms with Crippen molar-refractivity contribution in [2.24, 2.45) is 0 Å². The van der Waals surface area contributed by atoms with Crippen LogP contribution in [0.1, 0.15) is 58.9 Å². The number of imidazole rings is 1. The van der Waals surface area contributed by atoms with E-state index in [1.54, 1.807) is 13.1 Å². The quantitative estimate of drug-likeness (QED) is 0.278. The average molecular weight is 483 g/mol. The Balaban J connectivity index is 1.36. The predicted molar refractivity (Wildman–Crippen MR) is 138 cm³/mol. The number of hydrogen-bond donors (Lipinski definition) is 1. The van der Waals surface area contributed by atoms with Crippen LogP contribution in [0.25, 0.3) is 11.3 Å². The highest BCUT2D eigenvalue weighted by Gasteiger charge is 2.12. The fourth-order valence-electron chi connectivity index (χ4n) is 3.82. The van der Waals surface area contributed by atoms with Gasteiger partial charge in [0, 0.05) is 47.1 Å². The summed E-state index contributed by atoms with van der Waals surface area (Å²) in [6, 6.07) is 17.1. The lowest BCUT2D eigenvalue weighted by Gasteiger charge is -2.08. The molecular weight excluding hydrogens is 452 g/mol. The lowest BCUT2D eigenvalue weighted by Crippen LogP contribution is -2.14. The van der Waals surface area contributed by atoms with Crippen molar-refractivity contribution < 1.29 is 14.4 Å². The van der Waals surface area contributed by atoms with Gasteiger partial charge in [0.2, 0.25) is 0 Å². The van der Waals surface area contributed by atoms with Crippen molar-refractivity contribution >= 4 is 5.78 Å². The van der Waals surface area contributed by atoms with E-state index in [0.29, 0.717) is 24.6 Å². The molecule has 2 aromatic carbocycles. The molecule has 0 unspecified atom stereocenters. The van der Waals surface area contributed by atoms with E-state index < -0.39 is 6.10 Å². The first-order valence-corrected chi connectivity index (χ1v) is 11.9. The van der Waals surface area contributed by atoms with Crippen molar-refractivity contribution in [1.82, 2.24) is 19.6 Å². The molecule has 0 aliphatic carbocycles. The number of carbonyl (C=O) groups is 1. The van der Waals surface area contributed by atoms with Crippen LogP contribution in [-0.2, 0) is 6.54 Å². The number of carbonyl (C=O) groups excluding carboxylic acids is 1. The highest BCUT2D eigenvalue weighted by atomic mass is 16.5. The first-order chi connectivity index (χ1) is 17.4. The van der Waals surface area contributed by atoms with Gasteiger partial charge >= 0.3 is 0 Å². The predicted octanol–water partition coefficient (Wildman–Crippen LogP) is 4.56. The van der Waals surface area contributed by atoms with E-state index in [1.165, 1.54) is 0 Å². The molecular formula is C29H30N4O3. The van der Waals surface area contributed by atoms with Crippen molar-refractivity contribution in [1.29, 1.82) is 0 Å². The van der Waals surface area contributed by atoms with Gasteiger partial charge in [0.05, 0.1) is 6.54 Å². The highest BCUT2D eigenvalue weighted by Crippen LogP contribution is 2.22. The number of ketones is 1. The zero-order valence-corrected chi connectivity index (χ0v) is 20.8. The Morgan fingerprint density at radius 1 is 1.08 bits per heavy atom. The fraction of sp³-hybridized carbons (Fsp3) is 0.276. The van der Waals surface area contributed by atoms with Crippen LogP contribution in [0.2, 0.25) is 0 Å². The van der Waals surface area contributed by atoms with Gasteiger partial charge in [-0.25, -0.2) is 4.98 Å². The van der Waals surface area contributed by atoms with Gasteiger partial charge in [-0.15, -0.1) is 0 Å². The summed E-state index contributed by atoms with van der Waals surface area (Å²) in [5.41, 5.74) is 4.11. The average Bonchev–Trinajstić information content (AvgIpc) is 3.53. The molecule has 2 heterocycles. The number of hydrogen-bond acceptors (Lipinski definition) is 6. The minimum absolute atomic E-state index is 0.163. The number of rotatable bonds is 9. The third kappa shape index (κ3) is 6.57. The summed E-state index contributed by atoms with van der Waals surface area (Å²) in [7, 11) is 4.02. The Bertz CT molecular complexity index is 1350. The van der Waals surface area contributed by atoms with Gasteiger partial charge in [0.1, 0.15) is 17.6 Å². The van der Waals surface area contributed by atoms with Crippen LogP contribution in [0.3, 0.4) is 0 Å². The molecule has 0 aliphatic rings. The smallest absolute Gasteiger partial charge is 0.167 e. The van der Waals surface area contributed by atoms with Gasteiger partial charge < -0.3 is 19.1 Å².